The first kappa shape index (κ1) is 12.1. The number of thiophene rings is 1. The molecule has 2 N–H and O–H groups in total. The van der Waals surface area contributed by atoms with Crippen molar-refractivity contribution in [1.82, 2.24) is 0 Å². The van der Waals surface area contributed by atoms with E-state index >= 15 is 0 Å². The number of hydrogen-bond donors (Lipinski definition) is 1. The molecule has 0 spiro atoms. The van der Waals surface area contributed by atoms with Gasteiger partial charge in [0.25, 0.3) is 0 Å². The number of nitrogens with two attached hydrogens (primary N) is 1. The van der Waals surface area contributed by atoms with Gasteiger partial charge in [0.15, 0.2) is 0 Å². The van der Waals surface area contributed by atoms with Crippen molar-refractivity contribution >= 4 is 11.3 Å². The van der Waals surface area contributed by atoms with Crippen LogP contribution < -0.4 is 5.73 Å². The second-order valence-electron chi connectivity index (χ2n) is 3.50. The van der Waals surface area contributed by atoms with Crippen LogP contribution >= 0.6 is 11.3 Å². The van der Waals surface area contributed by atoms with Crippen LogP contribution in [0.4, 0.5) is 13.2 Å². The molecule has 1 nitrogen and oxygen atoms in total. The smallest absolute Gasteiger partial charge is 0.326 e. The number of rotatable bonds is 2. The average molecular weight is 257 g/mol. The molecule has 0 radical (unpaired) electrons. The lowest BCUT2D eigenvalue weighted by atomic mass is 10.00. The van der Waals surface area contributed by atoms with Crippen LogP contribution in [0, 0.1) is 0 Å². The van der Waals surface area contributed by atoms with E-state index in [1.54, 1.807) is 17.5 Å². The third-order valence-electron chi connectivity index (χ3n) is 2.45. The van der Waals surface area contributed by atoms with Crippen molar-refractivity contribution < 1.29 is 13.2 Å². The molecule has 1 aromatic heterocycles. The van der Waals surface area contributed by atoms with Gasteiger partial charge < -0.3 is 5.73 Å². The summed E-state index contributed by atoms with van der Waals surface area (Å²) in [6, 6.07) is 7.23. The summed E-state index contributed by atoms with van der Waals surface area (Å²) < 4.78 is 38.5. The molecule has 1 heterocycles. The van der Waals surface area contributed by atoms with Gasteiger partial charge in [-0.2, -0.15) is 13.2 Å². The Bertz CT molecular complexity index is 516. The lowest BCUT2D eigenvalue weighted by Crippen LogP contribution is -2.07. The molecule has 5 heteroatoms. The van der Waals surface area contributed by atoms with Gasteiger partial charge >= 0.3 is 6.18 Å². The van der Waals surface area contributed by atoms with Crippen molar-refractivity contribution in [2.24, 2.45) is 5.73 Å². The Morgan fingerprint density at radius 1 is 1.06 bits per heavy atom. The molecule has 1 aromatic carbocycles. The summed E-state index contributed by atoms with van der Waals surface area (Å²) in [7, 11) is 0. The topological polar surface area (TPSA) is 26.0 Å². The summed E-state index contributed by atoms with van der Waals surface area (Å²) in [6.45, 7) is 0.249. The van der Waals surface area contributed by atoms with Gasteiger partial charge in [-0.05, 0) is 28.6 Å². The monoisotopic (exact) mass is 257 g/mol. The highest BCUT2D eigenvalue weighted by Gasteiger charge is 2.33. The fraction of sp³-hybridized carbons (Fsp3) is 0.167. The van der Waals surface area contributed by atoms with E-state index in [4.69, 9.17) is 5.73 Å². The summed E-state index contributed by atoms with van der Waals surface area (Å²) in [4.78, 5) is 0.765. The molecule has 0 bridgehead atoms. The average Bonchev–Trinajstić information content (AvgIpc) is 2.75. The third-order valence-corrected chi connectivity index (χ3v) is 3.40. The highest BCUT2D eigenvalue weighted by Crippen LogP contribution is 2.39. The quantitative estimate of drug-likeness (QED) is 0.867. The van der Waals surface area contributed by atoms with E-state index in [0.717, 1.165) is 10.9 Å². The van der Waals surface area contributed by atoms with Crippen LogP contribution in [0.15, 0.2) is 35.7 Å². The van der Waals surface area contributed by atoms with E-state index in [1.807, 2.05) is 0 Å². The van der Waals surface area contributed by atoms with Gasteiger partial charge in [0.1, 0.15) is 0 Å². The maximum Gasteiger partial charge on any atom is 0.417 e. The van der Waals surface area contributed by atoms with E-state index < -0.39 is 11.7 Å². The molecule has 0 saturated heterocycles. The van der Waals surface area contributed by atoms with E-state index in [1.165, 1.54) is 23.5 Å². The van der Waals surface area contributed by atoms with E-state index in [0.29, 0.717) is 5.56 Å². The highest BCUT2D eigenvalue weighted by atomic mass is 32.1. The van der Waals surface area contributed by atoms with Crippen LogP contribution in [-0.4, -0.2) is 0 Å². The zero-order valence-electron chi connectivity index (χ0n) is 8.79. The summed E-state index contributed by atoms with van der Waals surface area (Å²) in [5.41, 5.74) is 5.67. The zero-order valence-corrected chi connectivity index (χ0v) is 9.61. The Morgan fingerprint density at radius 2 is 1.76 bits per heavy atom. The predicted molar refractivity (Wildman–Crippen MR) is 62.6 cm³/mol. The number of halogens is 3. The van der Waals surface area contributed by atoms with Crippen molar-refractivity contribution in [3.8, 4) is 11.1 Å². The summed E-state index contributed by atoms with van der Waals surface area (Å²) >= 11 is 1.37. The SMILES string of the molecule is NCc1sccc1-c1ccccc1C(F)(F)F. The van der Waals surface area contributed by atoms with Crippen molar-refractivity contribution in [1.29, 1.82) is 0 Å². The Kier molecular flexibility index (Phi) is 3.22. The number of benzene rings is 1. The molecule has 0 unspecified atom stereocenters. The summed E-state index contributed by atoms with van der Waals surface area (Å²) in [5.74, 6) is 0. The van der Waals surface area contributed by atoms with Crippen molar-refractivity contribution in [2.75, 3.05) is 0 Å². The summed E-state index contributed by atoms with van der Waals surface area (Å²) in [5, 5.41) is 1.75. The molecule has 0 saturated carbocycles. The van der Waals surface area contributed by atoms with Crippen LogP contribution in [0.2, 0.25) is 0 Å². The first-order valence-corrected chi connectivity index (χ1v) is 5.85. The normalized spacial score (nSPS) is 11.8. The molecular formula is C12H10F3NS. The van der Waals surface area contributed by atoms with Crippen molar-refractivity contribution in [3.05, 3.63) is 46.2 Å². The number of hydrogen-bond acceptors (Lipinski definition) is 2. The maximum absolute atomic E-state index is 12.8. The van der Waals surface area contributed by atoms with Crippen LogP contribution in [-0.2, 0) is 12.7 Å². The first-order valence-electron chi connectivity index (χ1n) is 4.97. The molecule has 0 fully saturated rings. The Balaban J connectivity index is 2.60. The van der Waals surface area contributed by atoms with Crippen LogP contribution in [0.5, 0.6) is 0 Å². The maximum atomic E-state index is 12.8. The molecule has 0 aliphatic rings. The fourth-order valence-electron chi connectivity index (χ4n) is 1.70. The minimum atomic E-state index is -4.34. The van der Waals surface area contributed by atoms with E-state index in [-0.39, 0.29) is 12.1 Å². The van der Waals surface area contributed by atoms with Crippen LogP contribution in [0.1, 0.15) is 10.4 Å². The highest BCUT2D eigenvalue weighted by molar-refractivity contribution is 7.10. The summed E-state index contributed by atoms with van der Waals surface area (Å²) in [6.07, 6.45) is -4.34. The van der Waals surface area contributed by atoms with Gasteiger partial charge in [-0.1, -0.05) is 18.2 Å². The van der Waals surface area contributed by atoms with Crippen LogP contribution in [0.3, 0.4) is 0 Å². The van der Waals surface area contributed by atoms with E-state index in [2.05, 4.69) is 0 Å². The zero-order chi connectivity index (χ0) is 12.5. The van der Waals surface area contributed by atoms with E-state index in [9.17, 15) is 13.2 Å². The molecule has 0 amide bonds. The van der Waals surface area contributed by atoms with Gasteiger partial charge in [-0.3, -0.25) is 0 Å². The minimum absolute atomic E-state index is 0.196. The minimum Gasteiger partial charge on any atom is -0.326 e. The fourth-order valence-corrected chi connectivity index (χ4v) is 2.47. The predicted octanol–water partition coefficient (Wildman–Crippen LogP) is 3.89. The lowest BCUT2D eigenvalue weighted by Gasteiger charge is -2.12. The van der Waals surface area contributed by atoms with Gasteiger partial charge in [0.2, 0.25) is 0 Å². The molecular weight excluding hydrogens is 247 g/mol. The molecule has 0 aliphatic carbocycles. The Morgan fingerprint density at radius 3 is 2.41 bits per heavy atom. The Hall–Kier alpha value is -1.33. The second-order valence-corrected chi connectivity index (χ2v) is 4.51. The first-order chi connectivity index (χ1) is 8.04. The standard InChI is InChI=1S/C12H10F3NS/c13-12(14,15)10-4-2-1-3-8(10)9-5-6-17-11(9)7-16/h1-6H,7,16H2. The van der Waals surface area contributed by atoms with Gasteiger partial charge in [-0.25, -0.2) is 0 Å². The second kappa shape index (κ2) is 4.50. The lowest BCUT2D eigenvalue weighted by molar-refractivity contribution is -0.137. The van der Waals surface area contributed by atoms with Crippen molar-refractivity contribution in [2.45, 2.75) is 12.7 Å². The molecule has 2 aromatic rings. The van der Waals surface area contributed by atoms with Gasteiger partial charge in [0.05, 0.1) is 5.56 Å². The molecule has 17 heavy (non-hydrogen) atoms. The molecule has 2 rings (SSSR count). The van der Waals surface area contributed by atoms with Crippen LogP contribution in [0.25, 0.3) is 11.1 Å². The molecule has 0 aliphatic heterocycles. The number of alkyl halides is 3. The molecule has 0 atom stereocenters. The molecule has 90 valence electrons. The largest absolute Gasteiger partial charge is 0.417 e. The van der Waals surface area contributed by atoms with Gasteiger partial charge in [0, 0.05) is 11.4 Å². The third kappa shape index (κ3) is 2.35. The van der Waals surface area contributed by atoms with Gasteiger partial charge in [-0.15, -0.1) is 11.3 Å². The Labute approximate surface area is 101 Å². The van der Waals surface area contributed by atoms with Crippen molar-refractivity contribution in [3.63, 3.8) is 0 Å².